The van der Waals surface area contributed by atoms with Gasteiger partial charge in [0.25, 0.3) is 0 Å². The molecule has 0 spiro atoms. The molecule has 0 fully saturated rings. The van der Waals surface area contributed by atoms with Crippen molar-refractivity contribution >= 4 is 30.6 Å². The average molecular weight is 493 g/mol. The number of hydrogen-bond donors (Lipinski definition) is 2. The number of carboxylic acids is 1. The molecule has 194 valence electrons. The molecule has 4 nitrogen and oxygen atoms in total. The van der Waals surface area contributed by atoms with Gasteiger partial charge < -0.3 is 9.84 Å². The summed E-state index contributed by atoms with van der Waals surface area (Å²) in [6.07, 6.45) is 14.0. The summed E-state index contributed by atoms with van der Waals surface area (Å²) < 4.78 is 4.67. The van der Waals surface area contributed by atoms with E-state index in [1.54, 1.807) is 6.92 Å². The van der Waals surface area contributed by atoms with Gasteiger partial charge >= 0.3 is 11.9 Å². The SMILES string of the molecule is C=C(C)C(=O)O.C=CC(=O)OCC.C=Cc1ccccc1.CCCCCCCCCC(C)(C)S. The lowest BCUT2D eigenvalue weighted by atomic mass is 10.0. The van der Waals surface area contributed by atoms with Crippen LogP contribution in [0.25, 0.3) is 6.08 Å². The van der Waals surface area contributed by atoms with Gasteiger partial charge in [-0.25, -0.2) is 9.59 Å². The number of benzene rings is 1. The fraction of sp³-hybridized carbons (Fsp3) is 0.517. The molecule has 1 N–H and O–H groups in total. The Kier molecular flexibility index (Phi) is 27.1. The molecule has 1 aromatic rings. The Balaban J connectivity index is -0.000000397. The monoisotopic (exact) mass is 492 g/mol. The molecule has 0 unspecified atom stereocenters. The minimum atomic E-state index is -0.935. The van der Waals surface area contributed by atoms with E-state index >= 15 is 0 Å². The number of unbranched alkanes of at least 4 members (excludes halogenated alkanes) is 6. The number of carboxylic acid groups (broad SMARTS) is 1. The molecule has 1 rings (SSSR count). The summed E-state index contributed by atoms with van der Waals surface area (Å²) in [5.74, 6) is -1.29. The van der Waals surface area contributed by atoms with Crippen molar-refractivity contribution in [3.8, 4) is 0 Å². The normalized spacial score (nSPS) is 9.47. The quantitative estimate of drug-likeness (QED) is 0.133. The van der Waals surface area contributed by atoms with Crippen LogP contribution >= 0.6 is 12.6 Å². The third-order valence-electron chi connectivity index (χ3n) is 4.25. The van der Waals surface area contributed by atoms with Crippen LogP contribution < -0.4 is 0 Å². The maximum Gasteiger partial charge on any atom is 0.330 e. The van der Waals surface area contributed by atoms with Crippen LogP contribution in [0.4, 0.5) is 0 Å². The lowest BCUT2D eigenvalue weighted by Crippen LogP contribution is -2.09. The van der Waals surface area contributed by atoms with Crippen molar-refractivity contribution in [1.29, 1.82) is 0 Å². The van der Waals surface area contributed by atoms with Gasteiger partial charge in [0.15, 0.2) is 0 Å². The van der Waals surface area contributed by atoms with Crippen LogP contribution in [0.2, 0.25) is 0 Å². The topological polar surface area (TPSA) is 63.6 Å². The second kappa shape index (κ2) is 25.4. The Morgan fingerprint density at radius 1 is 1.00 bits per heavy atom. The molecule has 0 aliphatic rings. The molecular formula is C29H48O4S. The number of carbonyl (C=O) groups is 2. The summed E-state index contributed by atoms with van der Waals surface area (Å²) >= 11 is 4.51. The van der Waals surface area contributed by atoms with E-state index in [4.69, 9.17) is 5.11 Å². The standard InChI is InChI=1S/C12H26S.C8H8.C5H8O2.C4H6O2/c1-4-5-6-7-8-9-10-11-12(2,3)13;1-2-8-6-4-3-5-7-8;1-3-5(6)7-4-2;1-3(2)4(5)6/h13H,4-11H2,1-3H3;2-7H,1H2;3H,1,4H2,2H3;1H2,2H3,(H,5,6). The first-order valence-corrected chi connectivity index (χ1v) is 12.5. The van der Waals surface area contributed by atoms with E-state index < -0.39 is 5.97 Å². The molecule has 0 radical (unpaired) electrons. The predicted molar refractivity (Wildman–Crippen MR) is 151 cm³/mol. The number of rotatable bonds is 12. The summed E-state index contributed by atoms with van der Waals surface area (Å²) in [7, 11) is 0. The fourth-order valence-electron chi connectivity index (χ4n) is 2.31. The molecule has 0 bridgehead atoms. The fourth-order valence-corrected chi connectivity index (χ4v) is 2.46. The maximum absolute atomic E-state index is 10.1. The van der Waals surface area contributed by atoms with Crippen LogP contribution in [0.1, 0.15) is 91.5 Å². The molecule has 0 atom stereocenters. The zero-order valence-corrected chi connectivity index (χ0v) is 23.0. The largest absolute Gasteiger partial charge is 0.478 e. The van der Waals surface area contributed by atoms with Crippen molar-refractivity contribution in [1.82, 2.24) is 0 Å². The highest BCUT2D eigenvalue weighted by molar-refractivity contribution is 7.81. The molecule has 1 aromatic carbocycles. The highest BCUT2D eigenvalue weighted by atomic mass is 32.1. The van der Waals surface area contributed by atoms with Crippen molar-refractivity contribution in [2.24, 2.45) is 0 Å². The minimum absolute atomic E-state index is 0.176. The van der Waals surface area contributed by atoms with Gasteiger partial charge in [-0.1, -0.05) is 122 Å². The predicted octanol–water partition coefficient (Wildman–Crippen LogP) is 8.55. The molecule has 0 aliphatic carbocycles. The van der Waals surface area contributed by atoms with Gasteiger partial charge in [-0.3, -0.25) is 0 Å². The summed E-state index contributed by atoms with van der Waals surface area (Å²) in [5, 5.41) is 7.89. The third kappa shape index (κ3) is 34.3. The Morgan fingerprint density at radius 2 is 1.47 bits per heavy atom. The van der Waals surface area contributed by atoms with Crippen LogP contribution in [0, 0.1) is 0 Å². The van der Waals surface area contributed by atoms with Gasteiger partial charge in [-0.05, 0) is 25.8 Å². The van der Waals surface area contributed by atoms with E-state index in [-0.39, 0.29) is 16.3 Å². The van der Waals surface area contributed by atoms with Crippen molar-refractivity contribution in [2.75, 3.05) is 6.61 Å². The second-order valence-corrected chi connectivity index (χ2v) is 9.55. The van der Waals surface area contributed by atoms with Gasteiger partial charge in [-0.2, -0.15) is 12.6 Å². The average Bonchev–Trinajstić information content (AvgIpc) is 2.79. The Bertz CT molecular complexity index is 648. The first kappa shape index (κ1) is 36.3. The van der Waals surface area contributed by atoms with E-state index in [9.17, 15) is 9.59 Å². The number of carbonyl (C=O) groups excluding carboxylic acids is 1. The van der Waals surface area contributed by atoms with E-state index in [0.29, 0.717) is 6.61 Å². The third-order valence-corrected chi connectivity index (χ3v) is 4.47. The first-order valence-electron chi connectivity index (χ1n) is 12.0. The molecule has 5 heteroatoms. The Morgan fingerprint density at radius 3 is 1.76 bits per heavy atom. The van der Waals surface area contributed by atoms with Gasteiger partial charge in [0.1, 0.15) is 0 Å². The van der Waals surface area contributed by atoms with Gasteiger partial charge in [0, 0.05) is 16.4 Å². The van der Waals surface area contributed by atoms with E-state index in [0.717, 1.165) is 6.08 Å². The summed E-state index contributed by atoms with van der Waals surface area (Å²) in [6, 6.07) is 10.0. The number of aliphatic carboxylic acids is 1. The van der Waals surface area contributed by atoms with Crippen LogP contribution in [-0.4, -0.2) is 28.4 Å². The second-order valence-electron chi connectivity index (χ2n) is 8.34. The van der Waals surface area contributed by atoms with Crippen molar-refractivity contribution < 1.29 is 19.4 Å². The lowest BCUT2D eigenvalue weighted by molar-refractivity contribution is -0.137. The summed E-state index contributed by atoms with van der Waals surface area (Å²) in [5.41, 5.74) is 1.35. The molecule has 0 heterocycles. The molecule has 0 amide bonds. The number of hydrogen-bond acceptors (Lipinski definition) is 4. The summed E-state index contributed by atoms with van der Waals surface area (Å²) in [6.45, 7) is 20.3. The Labute approximate surface area is 214 Å². The zero-order chi connectivity index (χ0) is 26.8. The smallest absolute Gasteiger partial charge is 0.330 e. The van der Waals surface area contributed by atoms with Crippen LogP contribution in [-0.2, 0) is 14.3 Å². The first-order chi connectivity index (χ1) is 15.9. The molecule has 0 saturated carbocycles. The van der Waals surface area contributed by atoms with Gasteiger partial charge in [-0.15, -0.1) is 0 Å². The van der Waals surface area contributed by atoms with Crippen LogP contribution in [0.3, 0.4) is 0 Å². The maximum atomic E-state index is 10.1. The van der Waals surface area contributed by atoms with Crippen molar-refractivity contribution in [2.45, 2.75) is 90.7 Å². The zero-order valence-electron chi connectivity index (χ0n) is 22.1. The molecule has 34 heavy (non-hydrogen) atoms. The number of thiol groups is 1. The van der Waals surface area contributed by atoms with Crippen molar-refractivity contribution in [3.63, 3.8) is 0 Å². The minimum Gasteiger partial charge on any atom is -0.478 e. The number of ether oxygens (including phenoxy) is 1. The van der Waals surface area contributed by atoms with E-state index in [2.05, 4.69) is 57.9 Å². The highest BCUT2D eigenvalue weighted by Crippen LogP contribution is 2.21. The van der Waals surface area contributed by atoms with Gasteiger partial charge in [0.05, 0.1) is 6.61 Å². The van der Waals surface area contributed by atoms with E-state index in [1.165, 1.54) is 63.9 Å². The van der Waals surface area contributed by atoms with Crippen LogP contribution in [0.15, 0.2) is 61.7 Å². The molecule has 0 saturated heterocycles. The molecular weight excluding hydrogens is 444 g/mol. The summed E-state index contributed by atoms with van der Waals surface area (Å²) in [4.78, 5) is 19.7. The highest BCUT2D eigenvalue weighted by Gasteiger charge is 2.09. The number of esters is 1. The van der Waals surface area contributed by atoms with Crippen molar-refractivity contribution in [3.05, 3.63) is 67.3 Å². The van der Waals surface area contributed by atoms with Crippen LogP contribution in [0.5, 0.6) is 0 Å². The van der Waals surface area contributed by atoms with E-state index in [1.807, 2.05) is 36.4 Å². The lowest BCUT2D eigenvalue weighted by Gasteiger charge is -2.16. The molecule has 0 aromatic heterocycles. The molecule has 0 aliphatic heterocycles. The Hall–Kier alpha value is -2.27. The van der Waals surface area contributed by atoms with Gasteiger partial charge in [0.2, 0.25) is 0 Å².